The van der Waals surface area contributed by atoms with Gasteiger partial charge in [0.2, 0.25) is 0 Å². The summed E-state index contributed by atoms with van der Waals surface area (Å²) in [5.74, 6) is 3.40. The lowest BCUT2D eigenvalue weighted by Crippen LogP contribution is -2.39. The van der Waals surface area contributed by atoms with Crippen molar-refractivity contribution in [3.05, 3.63) is 77.9 Å². The highest BCUT2D eigenvalue weighted by Crippen LogP contribution is 2.47. The Morgan fingerprint density at radius 3 is 2.55 bits per heavy atom. The van der Waals surface area contributed by atoms with Crippen LogP contribution in [0.4, 0.5) is 4.39 Å². The average molecular weight is 397 g/mol. The summed E-state index contributed by atoms with van der Waals surface area (Å²) in [5.41, 5.74) is 0. The second-order valence-electron chi connectivity index (χ2n) is 7.61. The van der Waals surface area contributed by atoms with E-state index in [9.17, 15) is 9.18 Å². The molecular weight excluding hydrogens is 373 g/mol. The molecule has 0 N–H and O–H groups in total. The molecule has 2 aromatic heterocycles. The first-order valence-electron chi connectivity index (χ1n) is 9.81. The first-order chi connectivity index (χ1) is 14.0. The third-order valence-electron chi connectivity index (χ3n) is 5.22. The fraction of sp³-hybridized carbons (Fsp3) is 0.348. The number of furan rings is 2. The van der Waals surface area contributed by atoms with Crippen LogP contribution in [0.15, 0.2) is 63.6 Å². The summed E-state index contributed by atoms with van der Waals surface area (Å²) in [5, 5.41) is 0. The number of amides is 1. The van der Waals surface area contributed by atoms with Gasteiger partial charge in [0.15, 0.2) is 6.10 Å². The summed E-state index contributed by atoms with van der Waals surface area (Å²) in [6, 6.07) is 13.1. The van der Waals surface area contributed by atoms with Gasteiger partial charge in [0.05, 0.1) is 19.4 Å². The first kappa shape index (κ1) is 19.3. The van der Waals surface area contributed by atoms with Crippen molar-refractivity contribution in [2.75, 3.05) is 0 Å². The van der Waals surface area contributed by atoms with Gasteiger partial charge in [-0.1, -0.05) is 6.92 Å². The Hall–Kier alpha value is -3.02. The Morgan fingerprint density at radius 2 is 1.90 bits per heavy atom. The maximum atomic E-state index is 13.1. The lowest BCUT2D eigenvalue weighted by molar-refractivity contribution is -0.139. The van der Waals surface area contributed by atoms with Crippen LogP contribution in [-0.2, 0) is 17.9 Å². The molecule has 0 bridgehead atoms. The maximum absolute atomic E-state index is 13.1. The van der Waals surface area contributed by atoms with Crippen molar-refractivity contribution in [3.8, 4) is 5.75 Å². The predicted octanol–water partition coefficient (Wildman–Crippen LogP) is 5.13. The summed E-state index contributed by atoms with van der Waals surface area (Å²) in [4.78, 5) is 14.7. The zero-order chi connectivity index (χ0) is 20.4. The number of ether oxygens (including phenoxy) is 1. The summed E-state index contributed by atoms with van der Waals surface area (Å²) < 4.78 is 30.2. The van der Waals surface area contributed by atoms with Crippen LogP contribution in [0.3, 0.4) is 0 Å². The van der Waals surface area contributed by atoms with E-state index in [0.29, 0.717) is 36.4 Å². The molecule has 3 aromatic rings. The van der Waals surface area contributed by atoms with Crippen LogP contribution in [-0.4, -0.2) is 16.9 Å². The van der Waals surface area contributed by atoms with E-state index in [2.05, 4.69) is 6.92 Å². The van der Waals surface area contributed by atoms with E-state index in [4.69, 9.17) is 13.6 Å². The third-order valence-corrected chi connectivity index (χ3v) is 5.22. The average Bonchev–Trinajstić information content (AvgIpc) is 3.10. The molecule has 1 fully saturated rings. The van der Waals surface area contributed by atoms with Crippen LogP contribution >= 0.6 is 0 Å². The summed E-state index contributed by atoms with van der Waals surface area (Å²) >= 11 is 0. The van der Waals surface area contributed by atoms with Crippen molar-refractivity contribution >= 4 is 5.91 Å². The molecule has 3 unspecified atom stereocenters. The molecule has 5 nitrogen and oxygen atoms in total. The highest BCUT2D eigenvalue weighted by molar-refractivity contribution is 5.80. The van der Waals surface area contributed by atoms with Gasteiger partial charge in [-0.3, -0.25) is 4.79 Å². The molecule has 152 valence electrons. The summed E-state index contributed by atoms with van der Waals surface area (Å²) in [6.07, 6.45) is 1.98. The number of rotatable bonds is 8. The molecule has 0 aliphatic heterocycles. The van der Waals surface area contributed by atoms with Crippen molar-refractivity contribution in [1.82, 2.24) is 4.90 Å². The SMILES string of the molecule is CC(Oc1ccc(F)cc1)C(=O)N(Cc1ccco1)Cc1ccc(C2CC2C)o1. The van der Waals surface area contributed by atoms with Gasteiger partial charge in [-0.25, -0.2) is 4.39 Å². The number of nitrogens with zero attached hydrogens (tertiary/aromatic N) is 1. The highest BCUT2D eigenvalue weighted by Gasteiger charge is 2.36. The van der Waals surface area contributed by atoms with Crippen LogP contribution in [0.1, 0.15) is 43.5 Å². The van der Waals surface area contributed by atoms with E-state index in [1.54, 1.807) is 24.2 Å². The second kappa shape index (κ2) is 8.15. The largest absolute Gasteiger partial charge is 0.481 e. The maximum Gasteiger partial charge on any atom is 0.264 e. The van der Waals surface area contributed by atoms with E-state index in [1.165, 1.54) is 24.3 Å². The van der Waals surface area contributed by atoms with Gasteiger partial charge < -0.3 is 18.5 Å². The molecular formula is C23H24FNO4. The van der Waals surface area contributed by atoms with Gasteiger partial charge in [0.1, 0.15) is 28.8 Å². The van der Waals surface area contributed by atoms with E-state index in [0.717, 1.165) is 17.9 Å². The van der Waals surface area contributed by atoms with Gasteiger partial charge in [0.25, 0.3) is 5.91 Å². The molecule has 4 rings (SSSR count). The Morgan fingerprint density at radius 1 is 1.17 bits per heavy atom. The van der Waals surface area contributed by atoms with Crippen molar-refractivity contribution < 1.29 is 22.8 Å². The van der Waals surface area contributed by atoms with Crippen molar-refractivity contribution in [1.29, 1.82) is 0 Å². The minimum absolute atomic E-state index is 0.205. The first-order valence-corrected chi connectivity index (χ1v) is 9.81. The zero-order valence-electron chi connectivity index (χ0n) is 16.5. The summed E-state index contributed by atoms with van der Waals surface area (Å²) in [6.45, 7) is 4.50. The minimum Gasteiger partial charge on any atom is -0.481 e. The number of halogens is 1. The Balaban J connectivity index is 1.47. The number of carbonyl (C=O) groups is 1. The topological polar surface area (TPSA) is 55.8 Å². The van der Waals surface area contributed by atoms with Crippen LogP contribution in [0.2, 0.25) is 0 Å². The predicted molar refractivity (Wildman–Crippen MR) is 105 cm³/mol. The van der Waals surface area contributed by atoms with Gasteiger partial charge in [-0.15, -0.1) is 0 Å². The van der Waals surface area contributed by atoms with E-state index >= 15 is 0 Å². The molecule has 3 atom stereocenters. The van der Waals surface area contributed by atoms with Crippen LogP contribution < -0.4 is 4.74 Å². The smallest absolute Gasteiger partial charge is 0.264 e. The van der Waals surface area contributed by atoms with Gasteiger partial charge in [-0.05, 0) is 67.8 Å². The molecule has 1 aliphatic carbocycles. The monoisotopic (exact) mass is 397 g/mol. The third kappa shape index (κ3) is 4.70. The van der Waals surface area contributed by atoms with E-state index in [1.807, 2.05) is 18.2 Å². The molecule has 0 radical (unpaired) electrons. The molecule has 2 heterocycles. The lowest BCUT2D eigenvalue weighted by Gasteiger charge is -2.24. The normalized spacial score (nSPS) is 19.0. The molecule has 1 amide bonds. The molecule has 0 saturated heterocycles. The van der Waals surface area contributed by atoms with Crippen LogP contribution in [0.5, 0.6) is 5.75 Å². The number of benzene rings is 1. The van der Waals surface area contributed by atoms with Crippen LogP contribution in [0, 0.1) is 11.7 Å². The molecule has 29 heavy (non-hydrogen) atoms. The van der Waals surface area contributed by atoms with Gasteiger partial charge >= 0.3 is 0 Å². The van der Waals surface area contributed by atoms with Crippen molar-refractivity contribution in [3.63, 3.8) is 0 Å². The lowest BCUT2D eigenvalue weighted by atomic mass is 10.2. The molecule has 1 aliphatic rings. The molecule has 1 aromatic carbocycles. The molecule has 1 saturated carbocycles. The number of hydrogen-bond acceptors (Lipinski definition) is 4. The summed E-state index contributed by atoms with van der Waals surface area (Å²) in [7, 11) is 0. The highest BCUT2D eigenvalue weighted by atomic mass is 19.1. The van der Waals surface area contributed by atoms with Crippen molar-refractivity contribution in [2.24, 2.45) is 5.92 Å². The Labute approximate surface area is 169 Å². The second-order valence-corrected chi connectivity index (χ2v) is 7.61. The minimum atomic E-state index is -0.742. The quantitative estimate of drug-likeness (QED) is 0.529. The standard InChI is InChI=1S/C23H24FNO4/c1-15-12-21(15)22-10-9-20(29-22)14-25(13-19-4-3-11-27-19)23(26)16(2)28-18-7-5-17(24)6-8-18/h3-11,15-16,21H,12-14H2,1-2H3. The van der Waals surface area contributed by atoms with Crippen molar-refractivity contribution in [2.45, 2.75) is 45.4 Å². The number of carbonyl (C=O) groups excluding carboxylic acids is 1. The number of hydrogen-bond donors (Lipinski definition) is 0. The van der Waals surface area contributed by atoms with Crippen LogP contribution in [0.25, 0.3) is 0 Å². The Bertz CT molecular complexity index is 948. The van der Waals surface area contributed by atoms with E-state index < -0.39 is 6.10 Å². The molecule has 0 spiro atoms. The fourth-order valence-electron chi connectivity index (χ4n) is 3.41. The Kier molecular flexibility index (Phi) is 5.43. The zero-order valence-corrected chi connectivity index (χ0v) is 16.5. The van der Waals surface area contributed by atoms with Gasteiger partial charge in [0, 0.05) is 5.92 Å². The molecule has 6 heteroatoms. The fourth-order valence-corrected chi connectivity index (χ4v) is 3.41. The van der Waals surface area contributed by atoms with E-state index in [-0.39, 0.29) is 11.7 Å². The van der Waals surface area contributed by atoms with Gasteiger partial charge in [-0.2, -0.15) is 0 Å².